The Morgan fingerprint density at radius 2 is 2.13 bits per heavy atom. The summed E-state index contributed by atoms with van der Waals surface area (Å²) >= 11 is 1.63. The summed E-state index contributed by atoms with van der Waals surface area (Å²) in [7, 11) is 1.69. The molecule has 2 aromatic rings. The van der Waals surface area contributed by atoms with E-state index in [0.717, 1.165) is 29.0 Å². The number of thiophene rings is 1. The zero-order chi connectivity index (χ0) is 16.1. The molecule has 0 spiro atoms. The Morgan fingerprint density at radius 1 is 1.30 bits per heavy atom. The van der Waals surface area contributed by atoms with Gasteiger partial charge in [0.05, 0.1) is 20.2 Å². The molecule has 1 fully saturated rings. The van der Waals surface area contributed by atoms with E-state index >= 15 is 0 Å². The van der Waals surface area contributed by atoms with Crippen molar-refractivity contribution in [3.8, 4) is 5.75 Å². The number of nitrogens with one attached hydrogen (secondary N) is 1. The largest absolute Gasteiger partial charge is 0.496 e. The van der Waals surface area contributed by atoms with Crippen LogP contribution in [0.25, 0.3) is 6.08 Å². The molecule has 0 bridgehead atoms. The smallest absolute Gasteiger partial charge is 0.185 e. The lowest BCUT2D eigenvalue weighted by Gasteiger charge is -2.15. The standard InChI is InChI=1S/C19H21NO2S/c1-22-19-7-5-16(12-17(19)13-20-9-2-3-10-20)18(21)6-4-15-8-11-23-14-15/h4-8,11-12,14H,2-3,9-10,13H2,1H3/p+1/b6-4+. The van der Waals surface area contributed by atoms with Crippen molar-refractivity contribution in [3.63, 3.8) is 0 Å². The predicted octanol–water partition coefficient (Wildman–Crippen LogP) is 2.83. The summed E-state index contributed by atoms with van der Waals surface area (Å²) in [6, 6.07) is 7.76. The number of hydrogen-bond donors (Lipinski definition) is 1. The summed E-state index contributed by atoms with van der Waals surface area (Å²) in [5.41, 5.74) is 2.92. The number of ketones is 1. The average Bonchev–Trinajstić information content (AvgIpc) is 3.26. The minimum Gasteiger partial charge on any atom is -0.496 e. The van der Waals surface area contributed by atoms with Crippen LogP contribution in [-0.4, -0.2) is 26.0 Å². The topological polar surface area (TPSA) is 30.7 Å². The molecule has 0 amide bonds. The van der Waals surface area contributed by atoms with Gasteiger partial charge in [0.25, 0.3) is 0 Å². The van der Waals surface area contributed by atoms with Gasteiger partial charge in [-0.05, 0) is 46.7 Å². The fourth-order valence-electron chi connectivity index (χ4n) is 3.03. The highest BCUT2D eigenvalue weighted by Crippen LogP contribution is 2.20. The molecule has 1 saturated heterocycles. The summed E-state index contributed by atoms with van der Waals surface area (Å²) in [4.78, 5) is 14.0. The van der Waals surface area contributed by atoms with Gasteiger partial charge in [0, 0.05) is 24.0 Å². The van der Waals surface area contributed by atoms with Gasteiger partial charge in [-0.15, -0.1) is 0 Å². The van der Waals surface area contributed by atoms with Crippen LogP contribution in [-0.2, 0) is 6.54 Å². The minimum atomic E-state index is 0.0384. The van der Waals surface area contributed by atoms with Crippen LogP contribution in [0.4, 0.5) is 0 Å². The van der Waals surface area contributed by atoms with E-state index in [0.29, 0.717) is 0 Å². The zero-order valence-electron chi connectivity index (χ0n) is 13.4. The second-order valence-corrected chi connectivity index (χ2v) is 6.69. The van der Waals surface area contributed by atoms with E-state index in [1.807, 2.05) is 41.1 Å². The van der Waals surface area contributed by atoms with Crippen molar-refractivity contribution in [3.05, 3.63) is 57.8 Å². The molecule has 2 heterocycles. The third kappa shape index (κ3) is 4.09. The van der Waals surface area contributed by atoms with Gasteiger partial charge < -0.3 is 9.64 Å². The minimum absolute atomic E-state index is 0.0384. The van der Waals surface area contributed by atoms with E-state index in [2.05, 4.69) is 0 Å². The molecule has 1 aliphatic rings. The Bertz CT molecular complexity index is 685. The summed E-state index contributed by atoms with van der Waals surface area (Å²) in [5.74, 6) is 0.916. The maximum Gasteiger partial charge on any atom is 0.185 e. The molecule has 0 unspecified atom stereocenters. The number of ether oxygens (including phenoxy) is 1. The molecule has 4 heteroatoms. The van der Waals surface area contributed by atoms with E-state index in [-0.39, 0.29) is 5.78 Å². The van der Waals surface area contributed by atoms with E-state index in [4.69, 9.17) is 4.74 Å². The fraction of sp³-hybridized carbons (Fsp3) is 0.316. The van der Waals surface area contributed by atoms with Gasteiger partial charge in [-0.3, -0.25) is 4.79 Å². The van der Waals surface area contributed by atoms with Gasteiger partial charge in [0.1, 0.15) is 12.3 Å². The fourth-order valence-corrected chi connectivity index (χ4v) is 3.66. The maximum absolute atomic E-state index is 12.4. The zero-order valence-corrected chi connectivity index (χ0v) is 14.2. The number of likely N-dealkylation sites (tertiary alicyclic amines) is 1. The molecule has 1 aliphatic heterocycles. The van der Waals surface area contributed by atoms with Crippen molar-refractivity contribution < 1.29 is 14.4 Å². The second kappa shape index (κ2) is 7.57. The van der Waals surface area contributed by atoms with Gasteiger partial charge in [0.15, 0.2) is 5.78 Å². The number of allylic oxidation sites excluding steroid dienone is 1. The number of benzene rings is 1. The number of carbonyl (C=O) groups is 1. The third-order valence-electron chi connectivity index (χ3n) is 4.29. The highest BCUT2D eigenvalue weighted by Gasteiger charge is 2.18. The Balaban J connectivity index is 1.77. The molecule has 0 atom stereocenters. The highest BCUT2D eigenvalue weighted by molar-refractivity contribution is 7.08. The Morgan fingerprint density at radius 3 is 2.83 bits per heavy atom. The summed E-state index contributed by atoms with van der Waals surface area (Å²) in [6.07, 6.45) is 6.10. The number of quaternary nitrogens is 1. The Hall–Kier alpha value is -1.91. The number of carbonyl (C=O) groups excluding carboxylic acids is 1. The second-order valence-electron chi connectivity index (χ2n) is 5.91. The molecule has 3 rings (SSSR count). The summed E-state index contributed by atoms with van der Waals surface area (Å²) < 4.78 is 5.47. The van der Waals surface area contributed by atoms with Gasteiger partial charge in [-0.25, -0.2) is 0 Å². The molecular formula is C19H22NO2S+. The number of rotatable bonds is 6. The molecule has 0 aliphatic carbocycles. The quantitative estimate of drug-likeness (QED) is 0.653. The van der Waals surface area contributed by atoms with Gasteiger partial charge in [-0.2, -0.15) is 11.3 Å². The van der Waals surface area contributed by atoms with E-state index < -0.39 is 0 Å². The Kier molecular flexibility index (Phi) is 5.26. The number of methoxy groups -OCH3 is 1. The molecule has 0 radical (unpaired) electrons. The van der Waals surface area contributed by atoms with Crippen LogP contribution in [0.5, 0.6) is 5.75 Å². The van der Waals surface area contributed by atoms with Gasteiger partial charge in [0.2, 0.25) is 0 Å². The van der Waals surface area contributed by atoms with Crippen molar-refractivity contribution in [2.75, 3.05) is 20.2 Å². The lowest BCUT2D eigenvalue weighted by Crippen LogP contribution is -3.08. The molecule has 1 N–H and O–H groups in total. The van der Waals surface area contributed by atoms with Crippen LogP contribution in [0, 0.1) is 0 Å². The average molecular weight is 328 g/mol. The first kappa shape index (κ1) is 16.0. The van der Waals surface area contributed by atoms with Crippen molar-refractivity contribution in [2.24, 2.45) is 0 Å². The summed E-state index contributed by atoms with van der Waals surface area (Å²) in [6.45, 7) is 3.34. The molecular weight excluding hydrogens is 306 g/mol. The molecule has 23 heavy (non-hydrogen) atoms. The van der Waals surface area contributed by atoms with Crippen LogP contribution >= 0.6 is 11.3 Å². The SMILES string of the molecule is COc1ccc(C(=O)/C=C/c2ccsc2)cc1C[NH+]1CCCC1. The lowest BCUT2D eigenvalue weighted by molar-refractivity contribution is -0.901. The van der Waals surface area contributed by atoms with Crippen LogP contribution < -0.4 is 9.64 Å². The van der Waals surface area contributed by atoms with Gasteiger partial charge in [-0.1, -0.05) is 6.08 Å². The normalized spacial score (nSPS) is 15.3. The van der Waals surface area contributed by atoms with E-state index in [1.165, 1.54) is 25.9 Å². The molecule has 0 saturated carbocycles. The van der Waals surface area contributed by atoms with Crippen LogP contribution in [0.3, 0.4) is 0 Å². The van der Waals surface area contributed by atoms with Crippen molar-refractivity contribution in [1.29, 1.82) is 0 Å². The predicted molar refractivity (Wildman–Crippen MR) is 94.3 cm³/mol. The van der Waals surface area contributed by atoms with Crippen LogP contribution in [0.2, 0.25) is 0 Å². The maximum atomic E-state index is 12.4. The molecule has 1 aromatic carbocycles. The van der Waals surface area contributed by atoms with E-state index in [1.54, 1.807) is 29.4 Å². The van der Waals surface area contributed by atoms with Crippen LogP contribution in [0.1, 0.15) is 34.3 Å². The van der Waals surface area contributed by atoms with Crippen molar-refractivity contribution >= 4 is 23.2 Å². The van der Waals surface area contributed by atoms with Crippen molar-refractivity contribution in [1.82, 2.24) is 0 Å². The third-order valence-corrected chi connectivity index (χ3v) is 4.99. The van der Waals surface area contributed by atoms with Crippen molar-refractivity contribution in [2.45, 2.75) is 19.4 Å². The first-order valence-electron chi connectivity index (χ1n) is 8.01. The van der Waals surface area contributed by atoms with Crippen LogP contribution in [0.15, 0.2) is 41.1 Å². The highest BCUT2D eigenvalue weighted by atomic mass is 32.1. The first-order chi connectivity index (χ1) is 11.3. The molecule has 120 valence electrons. The summed E-state index contributed by atoms with van der Waals surface area (Å²) in [5, 5.41) is 4.04. The lowest BCUT2D eigenvalue weighted by atomic mass is 10.0. The number of hydrogen-bond acceptors (Lipinski definition) is 3. The first-order valence-corrected chi connectivity index (χ1v) is 8.95. The monoisotopic (exact) mass is 328 g/mol. The van der Waals surface area contributed by atoms with Gasteiger partial charge >= 0.3 is 0 Å². The Labute approximate surface area is 141 Å². The molecule has 1 aromatic heterocycles. The molecule has 3 nitrogen and oxygen atoms in total. The van der Waals surface area contributed by atoms with E-state index in [9.17, 15) is 4.79 Å².